The summed E-state index contributed by atoms with van der Waals surface area (Å²) in [4.78, 5) is 32.2. The fourth-order valence-electron chi connectivity index (χ4n) is 4.38. The van der Waals surface area contributed by atoms with E-state index in [2.05, 4.69) is 15.6 Å². The first-order chi connectivity index (χ1) is 17.1. The van der Waals surface area contributed by atoms with Crippen LogP contribution in [0.25, 0.3) is 10.4 Å². The molecule has 0 bridgehead atoms. The highest BCUT2D eigenvalue weighted by molar-refractivity contribution is 7.13. The van der Waals surface area contributed by atoms with Gasteiger partial charge in [-0.2, -0.15) is 0 Å². The highest BCUT2D eigenvalue weighted by Crippen LogP contribution is 2.27. The molecule has 9 nitrogen and oxygen atoms in total. The number of nitrogens with one attached hydrogen (secondary N) is 2. The van der Waals surface area contributed by atoms with Crippen LogP contribution in [-0.2, 0) is 16.1 Å². The third kappa shape index (κ3) is 7.33. The maximum absolute atomic E-state index is 13.0. The number of likely N-dealkylation sites (tertiary alicyclic amines) is 1. The van der Waals surface area contributed by atoms with Crippen LogP contribution in [0.15, 0.2) is 29.8 Å². The number of hydrogen-bond donors (Lipinski definition) is 5. The Morgan fingerprint density at radius 1 is 1.19 bits per heavy atom. The second-order valence-electron chi connectivity index (χ2n) is 9.96. The van der Waals surface area contributed by atoms with Crippen molar-refractivity contribution in [2.24, 2.45) is 5.92 Å². The van der Waals surface area contributed by atoms with Crippen molar-refractivity contribution >= 4 is 23.2 Å². The van der Waals surface area contributed by atoms with E-state index in [9.17, 15) is 24.9 Å². The van der Waals surface area contributed by atoms with Gasteiger partial charge in [-0.1, -0.05) is 38.1 Å². The Labute approximate surface area is 216 Å². The Morgan fingerprint density at radius 2 is 1.89 bits per heavy atom. The zero-order chi connectivity index (χ0) is 26.4. The second kappa shape index (κ2) is 12.7. The van der Waals surface area contributed by atoms with Crippen molar-refractivity contribution in [2.75, 3.05) is 6.54 Å². The maximum atomic E-state index is 13.0. The number of nitrogens with zero attached hydrogens (tertiary/aromatic N) is 2. The minimum atomic E-state index is -1.33. The van der Waals surface area contributed by atoms with Crippen LogP contribution in [0.3, 0.4) is 0 Å². The lowest BCUT2D eigenvalue weighted by Gasteiger charge is -2.35. The quantitative estimate of drug-likeness (QED) is 0.306. The number of aliphatic hydroxyl groups is 3. The van der Waals surface area contributed by atoms with E-state index >= 15 is 0 Å². The number of rotatable bonds is 11. The highest BCUT2D eigenvalue weighted by Gasteiger charge is 2.43. The van der Waals surface area contributed by atoms with Gasteiger partial charge in [-0.15, -0.1) is 11.3 Å². The van der Waals surface area contributed by atoms with Crippen LogP contribution in [0.4, 0.5) is 0 Å². The Bertz CT molecular complexity index is 1010. The Kier molecular flexibility index (Phi) is 9.98. The van der Waals surface area contributed by atoms with Crippen molar-refractivity contribution in [2.45, 2.75) is 84.0 Å². The number of β-amino-alcohol motifs (C(OH)–C–C–N with tert-alkyl or cyclic N) is 1. The fourth-order valence-corrected chi connectivity index (χ4v) is 5.19. The molecule has 1 aromatic carbocycles. The molecule has 198 valence electrons. The molecule has 1 aromatic heterocycles. The van der Waals surface area contributed by atoms with Gasteiger partial charge in [0.2, 0.25) is 11.8 Å². The molecule has 3 rings (SSSR count). The molecule has 1 fully saturated rings. The average molecular weight is 519 g/mol. The van der Waals surface area contributed by atoms with Crippen LogP contribution in [-0.4, -0.2) is 74.1 Å². The fraction of sp³-hybridized carbons (Fsp3) is 0.577. The number of aliphatic hydroxyl groups excluding tert-OH is 3. The number of benzene rings is 1. The Morgan fingerprint density at radius 3 is 2.47 bits per heavy atom. The predicted octanol–water partition coefficient (Wildman–Crippen LogP) is 1.79. The van der Waals surface area contributed by atoms with Gasteiger partial charge < -0.3 is 26.0 Å². The SMILES string of the molecule is Cc1ncsc1-c1ccc(CNC(=O)[C@@H]2C[C@@H](O)CN2C(O)[C@@H](NC(=O)CCC(C)C)[C@H](C)O)cc1. The van der Waals surface area contributed by atoms with Crippen molar-refractivity contribution < 1.29 is 24.9 Å². The molecule has 1 unspecified atom stereocenters. The summed E-state index contributed by atoms with van der Waals surface area (Å²) < 4.78 is 0. The van der Waals surface area contributed by atoms with E-state index in [0.29, 0.717) is 18.9 Å². The summed E-state index contributed by atoms with van der Waals surface area (Å²) in [6.45, 7) is 7.83. The summed E-state index contributed by atoms with van der Waals surface area (Å²) in [5.74, 6) is -0.254. The standard InChI is InChI=1S/C26H38N4O5S/c1-15(2)5-10-22(33)29-23(17(4)31)26(35)30-13-20(32)11-21(30)25(34)27-12-18-6-8-19(9-7-18)24-16(3)28-14-36-24/h6-9,14-15,17,20-21,23,26,31-32,35H,5,10-13H2,1-4H3,(H,27,34)(H,29,33)/t17-,20+,21-,23-,26?/m0/s1. The number of amides is 2. The van der Waals surface area contributed by atoms with Gasteiger partial charge in [0.1, 0.15) is 6.23 Å². The monoisotopic (exact) mass is 518 g/mol. The largest absolute Gasteiger partial charge is 0.392 e. The third-order valence-corrected chi connectivity index (χ3v) is 7.48. The Hall–Kier alpha value is -2.37. The molecule has 0 radical (unpaired) electrons. The summed E-state index contributed by atoms with van der Waals surface area (Å²) in [5, 5.41) is 37.1. The predicted molar refractivity (Wildman–Crippen MR) is 139 cm³/mol. The minimum Gasteiger partial charge on any atom is -0.392 e. The molecule has 2 aromatic rings. The van der Waals surface area contributed by atoms with Gasteiger partial charge in [0.05, 0.1) is 40.4 Å². The van der Waals surface area contributed by atoms with Crippen LogP contribution in [0.1, 0.15) is 51.3 Å². The summed E-state index contributed by atoms with van der Waals surface area (Å²) in [7, 11) is 0. The molecule has 0 aliphatic carbocycles. The highest BCUT2D eigenvalue weighted by atomic mass is 32.1. The van der Waals surface area contributed by atoms with Crippen molar-refractivity contribution in [3.05, 3.63) is 41.0 Å². The van der Waals surface area contributed by atoms with Crippen molar-refractivity contribution in [1.29, 1.82) is 0 Å². The average Bonchev–Trinajstić information content (AvgIpc) is 3.44. The van der Waals surface area contributed by atoms with Crippen LogP contribution >= 0.6 is 11.3 Å². The lowest BCUT2D eigenvalue weighted by atomic mass is 10.1. The molecule has 0 saturated carbocycles. The molecule has 1 aliphatic rings. The number of aromatic nitrogens is 1. The zero-order valence-corrected chi connectivity index (χ0v) is 22.2. The molecule has 10 heteroatoms. The van der Waals surface area contributed by atoms with E-state index in [0.717, 1.165) is 21.7 Å². The lowest BCUT2D eigenvalue weighted by molar-refractivity contribution is -0.135. The zero-order valence-electron chi connectivity index (χ0n) is 21.3. The number of thiazole rings is 1. The molecule has 1 saturated heterocycles. The van der Waals surface area contributed by atoms with Crippen LogP contribution in [0.5, 0.6) is 0 Å². The number of carbonyl (C=O) groups is 2. The minimum absolute atomic E-state index is 0.0627. The maximum Gasteiger partial charge on any atom is 0.237 e. The van der Waals surface area contributed by atoms with Crippen LogP contribution in [0, 0.1) is 12.8 Å². The normalized spacial score (nSPS) is 20.8. The van der Waals surface area contributed by atoms with E-state index in [-0.39, 0.29) is 31.2 Å². The smallest absolute Gasteiger partial charge is 0.237 e. The number of aryl methyl sites for hydroxylation is 1. The topological polar surface area (TPSA) is 135 Å². The van der Waals surface area contributed by atoms with Crippen LogP contribution in [0.2, 0.25) is 0 Å². The summed E-state index contributed by atoms with van der Waals surface area (Å²) >= 11 is 1.58. The molecule has 1 aliphatic heterocycles. The van der Waals surface area contributed by atoms with Gasteiger partial charge in [0.15, 0.2) is 0 Å². The van der Waals surface area contributed by atoms with E-state index in [1.807, 2.05) is 50.5 Å². The lowest BCUT2D eigenvalue weighted by Crippen LogP contribution is -2.59. The van der Waals surface area contributed by atoms with Gasteiger partial charge >= 0.3 is 0 Å². The van der Waals surface area contributed by atoms with Gasteiger partial charge in [-0.3, -0.25) is 14.5 Å². The van der Waals surface area contributed by atoms with Gasteiger partial charge in [-0.25, -0.2) is 4.98 Å². The first-order valence-corrected chi connectivity index (χ1v) is 13.3. The number of carbonyl (C=O) groups excluding carboxylic acids is 2. The van der Waals surface area contributed by atoms with E-state index in [1.54, 1.807) is 11.3 Å². The molecule has 5 atom stereocenters. The second-order valence-corrected chi connectivity index (χ2v) is 10.8. The molecule has 36 heavy (non-hydrogen) atoms. The molecule has 2 heterocycles. The third-order valence-electron chi connectivity index (χ3n) is 6.51. The van der Waals surface area contributed by atoms with E-state index in [1.165, 1.54) is 11.8 Å². The molecule has 0 spiro atoms. The Balaban J connectivity index is 1.61. The summed E-state index contributed by atoms with van der Waals surface area (Å²) in [6, 6.07) is 6.09. The summed E-state index contributed by atoms with van der Waals surface area (Å²) in [6.07, 6.45) is -2.06. The number of hydrogen-bond acceptors (Lipinski definition) is 8. The summed E-state index contributed by atoms with van der Waals surface area (Å²) in [5.41, 5.74) is 4.77. The molecule has 2 amide bonds. The first-order valence-electron chi connectivity index (χ1n) is 12.4. The first kappa shape index (κ1) is 28.2. The van der Waals surface area contributed by atoms with Gasteiger partial charge in [0, 0.05) is 19.5 Å². The molecular weight excluding hydrogens is 480 g/mol. The van der Waals surface area contributed by atoms with Crippen molar-refractivity contribution in [3.8, 4) is 10.4 Å². The van der Waals surface area contributed by atoms with E-state index < -0.39 is 30.5 Å². The van der Waals surface area contributed by atoms with Crippen molar-refractivity contribution in [1.82, 2.24) is 20.5 Å². The van der Waals surface area contributed by atoms with Crippen molar-refractivity contribution in [3.63, 3.8) is 0 Å². The van der Waals surface area contributed by atoms with E-state index in [4.69, 9.17) is 0 Å². The molecular formula is C26H38N4O5S. The van der Waals surface area contributed by atoms with Crippen LogP contribution < -0.4 is 10.6 Å². The van der Waals surface area contributed by atoms with Gasteiger partial charge in [0.25, 0.3) is 0 Å². The van der Waals surface area contributed by atoms with Gasteiger partial charge in [-0.05, 0) is 43.7 Å². The molecule has 5 N–H and O–H groups in total.